The predicted octanol–water partition coefficient (Wildman–Crippen LogP) is -0.591. The second-order valence-corrected chi connectivity index (χ2v) is 0.730. The third-order valence-corrected chi connectivity index (χ3v) is 0.386. The molecule has 0 unspecified atom stereocenters. The van der Waals surface area contributed by atoms with Crippen molar-refractivity contribution in [3.8, 4) is 0 Å². The van der Waals surface area contributed by atoms with Gasteiger partial charge in [0.15, 0.2) is 0 Å². The van der Waals surface area contributed by atoms with Gasteiger partial charge >= 0.3 is 0 Å². The van der Waals surface area contributed by atoms with Crippen molar-refractivity contribution in [2.24, 2.45) is 4.53 Å². The summed E-state index contributed by atoms with van der Waals surface area (Å²) >= 11 is -0.689. The van der Waals surface area contributed by atoms with E-state index in [1.165, 1.54) is 7.11 Å². The fourth-order valence-corrected chi connectivity index (χ4v) is 0.112. The van der Waals surface area contributed by atoms with Gasteiger partial charge in [-0.15, -0.1) is 0 Å². The zero-order valence-corrected chi connectivity index (χ0v) is 3.76. The Morgan fingerprint density at radius 1 is 2.00 bits per heavy atom. The predicted molar refractivity (Wildman–Crippen MR) is 20.4 cm³/mol. The molecule has 0 heterocycles. The molecule has 0 spiro atoms. The number of hydrogen-bond acceptors (Lipinski definition) is 3. The average molecular weight is 95.1 g/mol. The van der Waals surface area contributed by atoms with Crippen molar-refractivity contribution in [1.29, 1.82) is 0 Å². The van der Waals surface area contributed by atoms with Crippen LogP contribution in [-0.2, 0) is 16.3 Å². The zero-order valence-electron chi connectivity index (χ0n) is 2.76. The van der Waals surface area contributed by atoms with Crippen LogP contribution in [0.3, 0.4) is 0 Å². The van der Waals surface area contributed by atoms with Crippen LogP contribution in [0.1, 0.15) is 0 Å². The first kappa shape index (κ1) is 4.91. The molecule has 3 nitrogen and oxygen atoms in total. The van der Waals surface area contributed by atoms with Gasteiger partial charge < -0.3 is 0 Å². The molecule has 0 aromatic heterocycles. The van der Waals surface area contributed by atoms with E-state index in [1.54, 1.807) is 0 Å². The molecular weight excluding hydrogens is 90.1 g/mol. The minimum atomic E-state index is -0.689. The van der Waals surface area contributed by atoms with Crippen molar-refractivity contribution in [3.63, 3.8) is 0 Å². The molecule has 5 heavy (non-hydrogen) atoms. The Bertz CT molecular complexity index is 56.7. The van der Waals surface area contributed by atoms with E-state index < -0.39 is 11.5 Å². The summed E-state index contributed by atoms with van der Waals surface area (Å²) in [4.78, 5) is 4.02. The Morgan fingerprint density at radius 3 is 2.60 bits per heavy atom. The van der Waals surface area contributed by atoms with Gasteiger partial charge in [-0.25, -0.2) is 4.84 Å². The van der Waals surface area contributed by atoms with E-state index in [9.17, 15) is 4.21 Å². The molecule has 4 heteroatoms. The van der Waals surface area contributed by atoms with E-state index in [0.717, 1.165) is 0 Å². The monoisotopic (exact) mass is 95.0 g/mol. The van der Waals surface area contributed by atoms with Crippen LogP contribution >= 0.6 is 0 Å². The third kappa shape index (κ3) is 3.91. The molecule has 0 aliphatic carbocycles. The van der Waals surface area contributed by atoms with Crippen LogP contribution in [-0.4, -0.2) is 11.3 Å². The number of nitrogens with zero attached hydrogens (tertiary/aromatic N) is 1. The SMILES string of the molecule is CON=[SH2]=O. The van der Waals surface area contributed by atoms with Crippen molar-refractivity contribution >= 4 is 11.5 Å². The van der Waals surface area contributed by atoms with Gasteiger partial charge in [-0.2, -0.15) is 0 Å². The molecule has 0 rings (SSSR count). The molecule has 0 aromatic carbocycles. The molecule has 0 atom stereocenters. The number of hydrogen-bond donors (Lipinski definition) is 0. The Hall–Kier alpha value is -0.0900. The average Bonchev–Trinajstić information content (AvgIpc) is 1.41. The van der Waals surface area contributed by atoms with Crippen LogP contribution in [0, 0.1) is 0 Å². The zero-order chi connectivity index (χ0) is 4.12. The van der Waals surface area contributed by atoms with E-state index in [0.29, 0.717) is 0 Å². The van der Waals surface area contributed by atoms with Crippen molar-refractivity contribution in [1.82, 2.24) is 0 Å². The summed E-state index contributed by atoms with van der Waals surface area (Å²) in [6.45, 7) is 0. The van der Waals surface area contributed by atoms with Crippen LogP contribution in [0.15, 0.2) is 4.53 Å². The molecule has 0 aromatic rings. The van der Waals surface area contributed by atoms with E-state index in [2.05, 4.69) is 9.36 Å². The van der Waals surface area contributed by atoms with Crippen LogP contribution in [0.5, 0.6) is 0 Å². The summed E-state index contributed by atoms with van der Waals surface area (Å²) in [6.07, 6.45) is 0. The fraction of sp³-hybridized carbons (Fsp3) is 1.00. The second kappa shape index (κ2) is 3.91. The maximum absolute atomic E-state index is 9.27. The van der Waals surface area contributed by atoms with Gasteiger partial charge in [0.25, 0.3) is 0 Å². The van der Waals surface area contributed by atoms with Crippen LogP contribution in [0.4, 0.5) is 0 Å². The molecular formula is CH5NO2S. The highest BCUT2D eigenvalue weighted by atomic mass is 32.1. The molecule has 0 amide bonds. The Kier molecular flexibility index (Phi) is 3.84. The van der Waals surface area contributed by atoms with Gasteiger partial charge in [-0.3, -0.25) is 4.21 Å². The van der Waals surface area contributed by atoms with Crippen LogP contribution in [0.25, 0.3) is 0 Å². The molecule has 0 aliphatic heterocycles. The lowest BCUT2D eigenvalue weighted by Crippen LogP contribution is -1.56. The summed E-state index contributed by atoms with van der Waals surface area (Å²) in [7, 11) is 1.35. The first-order valence-corrected chi connectivity index (χ1v) is 1.87. The Balaban J connectivity index is 2.93. The topological polar surface area (TPSA) is 38.7 Å². The van der Waals surface area contributed by atoms with Crippen LogP contribution in [0.2, 0.25) is 0 Å². The Labute approximate surface area is 33.1 Å². The molecule has 0 bridgehead atoms. The first-order chi connectivity index (χ1) is 2.41. The molecule has 0 radical (unpaired) electrons. The minimum Gasteiger partial charge on any atom is -0.253 e. The quantitative estimate of drug-likeness (QED) is 0.408. The summed E-state index contributed by atoms with van der Waals surface area (Å²) < 4.78 is 12.2. The maximum atomic E-state index is 9.27. The van der Waals surface area contributed by atoms with Gasteiger partial charge in [0.2, 0.25) is 0 Å². The third-order valence-electron chi connectivity index (χ3n) is 0.129. The molecule has 32 valence electrons. The fourth-order valence-electron chi connectivity index (χ4n) is 0.0373. The van der Waals surface area contributed by atoms with Crippen molar-refractivity contribution in [3.05, 3.63) is 0 Å². The van der Waals surface area contributed by atoms with Crippen molar-refractivity contribution < 1.29 is 9.05 Å². The molecule has 0 saturated heterocycles. The lowest BCUT2D eigenvalue weighted by molar-refractivity contribution is 0.221. The molecule has 0 fully saturated rings. The van der Waals surface area contributed by atoms with E-state index >= 15 is 0 Å². The van der Waals surface area contributed by atoms with Crippen molar-refractivity contribution in [2.45, 2.75) is 0 Å². The molecule has 0 saturated carbocycles. The highest BCUT2D eigenvalue weighted by Crippen LogP contribution is 1.54. The maximum Gasteiger partial charge on any atom is 0.0668 e. The first-order valence-electron chi connectivity index (χ1n) is 1.02. The van der Waals surface area contributed by atoms with Gasteiger partial charge in [0, 0.05) is 0 Å². The highest BCUT2D eigenvalue weighted by molar-refractivity contribution is 7.54. The summed E-state index contributed by atoms with van der Waals surface area (Å²) in [5.41, 5.74) is 0. The molecule has 0 N–H and O–H groups in total. The minimum absolute atomic E-state index is 0.689. The summed E-state index contributed by atoms with van der Waals surface area (Å²) in [5.74, 6) is 0. The lowest BCUT2D eigenvalue weighted by Gasteiger charge is -1.66. The van der Waals surface area contributed by atoms with Crippen LogP contribution < -0.4 is 0 Å². The number of rotatable bonds is 1. The van der Waals surface area contributed by atoms with Gasteiger partial charge in [0.05, 0.1) is 18.6 Å². The normalized spacial score (nSPS) is 9.80. The Morgan fingerprint density at radius 2 is 2.60 bits per heavy atom. The standard InChI is InChI=1S/CH5NO2S/c1-4-2-5-3/h5H2,1H3. The smallest absolute Gasteiger partial charge is 0.0668 e. The lowest BCUT2D eigenvalue weighted by atomic mass is 11.7. The molecule has 0 aliphatic rings. The van der Waals surface area contributed by atoms with Crippen molar-refractivity contribution in [2.75, 3.05) is 7.11 Å². The van der Waals surface area contributed by atoms with E-state index in [-0.39, 0.29) is 0 Å². The van der Waals surface area contributed by atoms with Gasteiger partial charge in [0.1, 0.15) is 0 Å². The summed E-state index contributed by atoms with van der Waals surface area (Å²) in [5, 5.41) is 0. The van der Waals surface area contributed by atoms with Gasteiger partial charge in [-0.05, 0) is 0 Å². The van der Waals surface area contributed by atoms with E-state index in [4.69, 9.17) is 0 Å². The largest absolute Gasteiger partial charge is 0.253 e. The highest BCUT2D eigenvalue weighted by Gasteiger charge is 1.43. The second-order valence-electron chi connectivity index (χ2n) is 0.365. The summed E-state index contributed by atoms with van der Waals surface area (Å²) in [6, 6.07) is 0. The van der Waals surface area contributed by atoms with Gasteiger partial charge in [-0.1, -0.05) is 4.53 Å². The van der Waals surface area contributed by atoms with E-state index in [1.807, 2.05) is 0 Å².